The van der Waals surface area contributed by atoms with Crippen LogP contribution >= 0.6 is 0 Å². The standard InChI is InChI=1S/C9H12O2.C8H10O3.2CH4/c1-4-9(5-2)7(3)6-8(10)11-9;1-3-8(5-9)6(2)4-7(10)11-8;;/h1,7H,5-6H2,2-3H3;1,6,9H,4-5H2,2H3;2*1H4/t7-,9+;6-,8+;;/m00../s1/i6D2;4D2;;. The number of rotatable bonds is 2. The Hall–Kier alpha value is -1.98. The van der Waals surface area contributed by atoms with Crippen LogP contribution in [0.4, 0.5) is 0 Å². The van der Waals surface area contributed by atoms with Gasteiger partial charge in [-0.05, 0) is 6.42 Å². The molecule has 5 nitrogen and oxygen atoms in total. The van der Waals surface area contributed by atoms with Crippen LogP contribution in [0.3, 0.4) is 0 Å². The maximum atomic E-state index is 11.1. The van der Waals surface area contributed by atoms with Gasteiger partial charge in [-0.15, -0.1) is 12.8 Å². The van der Waals surface area contributed by atoms with Gasteiger partial charge in [-0.3, -0.25) is 9.59 Å². The minimum Gasteiger partial charge on any atom is -0.446 e. The second kappa shape index (κ2) is 9.35. The van der Waals surface area contributed by atoms with E-state index in [1.165, 1.54) is 6.92 Å². The number of terminal acetylenes is 2. The van der Waals surface area contributed by atoms with Crippen molar-refractivity contribution in [1.29, 1.82) is 0 Å². The Labute approximate surface area is 151 Å². The fourth-order valence-electron chi connectivity index (χ4n) is 2.16. The first kappa shape index (κ1) is 16.9. The molecule has 2 heterocycles. The van der Waals surface area contributed by atoms with Gasteiger partial charge in [-0.1, -0.05) is 47.5 Å². The molecule has 2 aliphatic rings. The average molecular weight is 342 g/mol. The van der Waals surface area contributed by atoms with E-state index in [-0.39, 0.29) is 14.9 Å². The predicted octanol–water partition coefficient (Wildman–Crippen LogP) is 2.56. The van der Waals surface area contributed by atoms with Crippen molar-refractivity contribution in [2.45, 2.75) is 66.0 Å². The van der Waals surface area contributed by atoms with Crippen molar-refractivity contribution in [3.8, 4) is 24.7 Å². The van der Waals surface area contributed by atoms with E-state index in [1.807, 2.05) is 0 Å². The summed E-state index contributed by atoms with van der Waals surface area (Å²) in [6.07, 6.45) is 6.73. The van der Waals surface area contributed by atoms with Crippen LogP contribution in [0, 0.1) is 36.5 Å². The van der Waals surface area contributed by atoms with Crippen molar-refractivity contribution in [3.63, 3.8) is 0 Å². The smallest absolute Gasteiger partial charge is 0.307 e. The molecule has 2 saturated heterocycles. The van der Waals surface area contributed by atoms with E-state index in [9.17, 15) is 9.59 Å². The van der Waals surface area contributed by atoms with Crippen molar-refractivity contribution in [1.82, 2.24) is 0 Å². The lowest BCUT2D eigenvalue weighted by Crippen LogP contribution is -2.36. The molecule has 1 N–H and O–H groups in total. The molecule has 136 valence electrons. The molecule has 2 fully saturated rings. The second-order valence-corrected chi connectivity index (χ2v) is 5.09. The first-order chi connectivity index (χ1) is 11.8. The first-order valence-electron chi connectivity index (χ1n) is 8.84. The molecular weight excluding hydrogens is 308 g/mol. The summed E-state index contributed by atoms with van der Waals surface area (Å²) >= 11 is 0. The summed E-state index contributed by atoms with van der Waals surface area (Å²) in [7, 11) is 0. The quantitative estimate of drug-likeness (QED) is 0.617. The Morgan fingerprint density at radius 2 is 1.50 bits per heavy atom. The van der Waals surface area contributed by atoms with Gasteiger partial charge in [0, 0.05) is 17.3 Å². The molecule has 0 unspecified atom stereocenters. The third kappa shape index (κ3) is 4.52. The molecule has 24 heavy (non-hydrogen) atoms. The molecule has 0 saturated carbocycles. The maximum Gasteiger partial charge on any atom is 0.307 e. The van der Waals surface area contributed by atoms with Crippen LogP contribution in [-0.2, 0) is 19.1 Å². The van der Waals surface area contributed by atoms with Gasteiger partial charge in [-0.2, -0.15) is 0 Å². The molecular formula is C19H30O5. The summed E-state index contributed by atoms with van der Waals surface area (Å²) in [6, 6.07) is 0. The number of carbonyl (C=O) groups excluding carboxylic acids is 2. The molecule has 5 heteroatoms. The van der Waals surface area contributed by atoms with Crippen LogP contribution in [-0.4, -0.2) is 34.9 Å². The number of esters is 2. The van der Waals surface area contributed by atoms with E-state index in [2.05, 4.69) is 16.6 Å². The van der Waals surface area contributed by atoms with Crippen molar-refractivity contribution in [3.05, 3.63) is 0 Å². The van der Waals surface area contributed by atoms with Gasteiger partial charge in [0.2, 0.25) is 0 Å². The zero-order valence-electron chi connectivity index (χ0n) is 16.8. The monoisotopic (exact) mass is 342 g/mol. The van der Waals surface area contributed by atoms with Gasteiger partial charge in [0.05, 0.1) is 19.4 Å². The highest BCUT2D eigenvalue weighted by molar-refractivity contribution is 5.74. The minimum atomic E-state index is -2.12. The third-order valence-corrected chi connectivity index (χ3v) is 3.87. The molecule has 0 radical (unpaired) electrons. The van der Waals surface area contributed by atoms with Gasteiger partial charge < -0.3 is 14.6 Å². The first-order valence-corrected chi connectivity index (χ1v) is 6.84. The van der Waals surface area contributed by atoms with Gasteiger partial charge in [-0.25, -0.2) is 0 Å². The fourth-order valence-corrected chi connectivity index (χ4v) is 2.16. The average Bonchev–Trinajstić information content (AvgIpc) is 2.90. The lowest BCUT2D eigenvalue weighted by Gasteiger charge is -2.23. The van der Waals surface area contributed by atoms with Crippen LogP contribution in [0.15, 0.2) is 0 Å². The highest BCUT2D eigenvalue weighted by Gasteiger charge is 2.45. The summed E-state index contributed by atoms with van der Waals surface area (Å²) < 4.78 is 39.2. The summed E-state index contributed by atoms with van der Waals surface area (Å²) in [5.41, 5.74) is -2.55. The number of carbonyl (C=O) groups is 2. The Morgan fingerprint density at radius 3 is 1.62 bits per heavy atom. The summed E-state index contributed by atoms with van der Waals surface area (Å²) in [5.74, 6) is 1.22. The number of cyclic esters (lactones) is 2. The summed E-state index contributed by atoms with van der Waals surface area (Å²) in [4.78, 5) is 22.2. The summed E-state index contributed by atoms with van der Waals surface area (Å²) in [5, 5.41) is 8.95. The van der Waals surface area contributed by atoms with E-state index in [0.717, 1.165) is 0 Å². The molecule has 0 aromatic rings. The molecule has 2 rings (SSSR count). The molecule has 4 atom stereocenters. The number of aliphatic hydroxyl groups is 1. The number of hydrogen-bond donors (Lipinski definition) is 1. The topological polar surface area (TPSA) is 72.8 Å². The van der Waals surface area contributed by atoms with Crippen LogP contribution in [0.25, 0.3) is 0 Å². The summed E-state index contributed by atoms with van der Waals surface area (Å²) in [6.45, 7) is 4.27. The maximum absolute atomic E-state index is 11.1. The zero-order chi connectivity index (χ0) is 20.6. The predicted molar refractivity (Wildman–Crippen MR) is 93.7 cm³/mol. The van der Waals surface area contributed by atoms with Gasteiger partial charge >= 0.3 is 11.9 Å². The molecule has 0 aliphatic carbocycles. The van der Waals surface area contributed by atoms with Crippen LogP contribution in [0.2, 0.25) is 0 Å². The normalized spacial score (nSPS) is 40.1. The van der Waals surface area contributed by atoms with Crippen molar-refractivity contribution in [2.24, 2.45) is 11.8 Å². The highest BCUT2D eigenvalue weighted by Crippen LogP contribution is 2.34. The van der Waals surface area contributed by atoms with E-state index >= 15 is 0 Å². The van der Waals surface area contributed by atoms with Crippen molar-refractivity contribution >= 4 is 11.9 Å². The van der Waals surface area contributed by atoms with E-state index in [4.69, 9.17) is 28.2 Å². The minimum absolute atomic E-state index is 0. The SMILES string of the molecule is C.C.[2H]C1([2H])C(=O)O[C@](C#C)(CC)[C@H]1C.[2H]C1([2H])C(=O)O[C@](C#C)(CO)[C@H]1C. The van der Waals surface area contributed by atoms with E-state index in [1.54, 1.807) is 13.8 Å². The number of hydrogen-bond acceptors (Lipinski definition) is 5. The van der Waals surface area contributed by atoms with Crippen molar-refractivity contribution < 1.29 is 29.7 Å². The molecule has 2 aliphatic heterocycles. The zero-order valence-corrected chi connectivity index (χ0v) is 12.8. The third-order valence-electron chi connectivity index (χ3n) is 3.87. The molecule has 0 aromatic heterocycles. The number of ether oxygens (including phenoxy) is 2. The largest absolute Gasteiger partial charge is 0.446 e. The lowest BCUT2D eigenvalue weighted by molar-refractivity contribution is -0.147. The van der Waals surface area contributed by atoms with Gasteiger partial charge in [0.25, 0.3) is 0 Å². The molecule has 0 spiro atoms. The van der Waals surface area contributed by atoms with Crippen LogP contribution in [0.1, 0.15) is 60.3 Å². The number of aliphatic hydroxyl groups excluding tert-OH is 1. The molecule has 0 bridgehead atoms. The van der Waals surface area contributed by atoms with Crippen molar-refractivity contribution in [2.75, 3.05) is 6.61 Å². The Bertz CT molecular complexity index is 621. The fraction of sp³-hybridized carbons (Fsp3) is 0.684. The molecule has 0 amide bonds. The second-order valence-electron chi connectivity index (χ2n) is 5.09. The van der Waals surface area contributed by atoms with Gasteiger partial charge in [0.1, 0.15) is 0 Å². The highest BCUT2D eigenvalue weighted by atomic mass is 16.6. The Kier molecular flexibility index (Phi) is 6.57. The Morgan fingerprint density at radius 1 is 1.12 bits per heavy atom. The van der Waals surface area contributed by atoms with E-state index in [0.29, 0.717) is 6.42 Å². The Balaban J connectivity index is 0. The van der Waals surface area contributed by atoms with Crippen LogP contribution < -0.4 is 0 Å². The van der Waals surface area contributed by atoms with E-state index < -0.39 is 54.3 Å². The van der Waals surface area contributed by atoms with Crippen LogP contribution in [0.5, 0.6) is 0 Å². The lowest BCUT2D eigenvalue weighted by atomic mass is 9.87. The van der Waals surface area contributed by atoms with Gasteiger partial charge in [0.15, 0.2) is 11.2 Å². The molecule has 0 aromatic carbocycles.